The number of hydrogen-bond acceptors (Lipinski definition) is 4. The summed E-state index contributed by atoms with van der Waals surface area (Å²) in [7, 11) is -3.60. The highest BCUT2D eigenvalue weighted by atomic mass is 32.2. The smallest absolute Gasteiger partial charge is 0.263 e. The summed E-state index contributed by atoms with van der Waals surface area (Å²) in [6, 6.07) is 10.5. The molecule has 1 heterocycles. The van der Waals surface area contributed by atoms with E-state index in [-0.39, 0.29) is 4.90 Å². The van der Waals surface area contributed by atoms with E-state index in [0.29, 0.717) is 5.69 Å². The second kappa shape index (κ2) is 6.58. The minimum atomic E-state index is -3.60. The lowest BCUT2D eigenvalue weighted by atomic mass is 10.2. The quantitative estimate of drug-likeness (QED) is 0.891. The Labute approximate surface area is 125 Å². The summed E-state index contributed by atoms with van der Waals surface area (Å²) in [5, 5.41) is 0. The summed E-state index contributed by atoms with van der Waals surface area (Å²) >= 11 is 0. The molecular formula is C15H19N3O2S. The summed E-state index contributed by atoms with van der Waals surface area (Å²) < 4.78 is 27.1. The van der Waals surface area contributed by atoms with Crippen LogP contribution < -0.4 is 9.62 Å². The number of hydrogen-bond donors (Lipinski definition) is 1. The van der Waals surface area contributed by atoms with E-state index in [1.807, 2.05) is 18.2 Å². The van der Waals surface area contributed by atoms with Crippen molar-refractivity contribution in [3.63, 3.8) is 0 Å². The minimum absolute atomic E-state index is 0.151. The SMILES string of the molecule is CCN(CC)c1cccc(NS(=O)(=O)c2cccnc2)c1. The average molecular weight is 305 g/mol. The molecule has 0 saturated heterocycles. The van der Waals surface area contributed by atoms with Crippen molar-refractivity contribution in [1.29, 1.82) is 0 Å². The second-order valence-electron chi connectivity index (χ2n) is 4.52. The molecule has 0 radical (unpaired) electrons. The van der Waals surface area contributed by atoms with Gasteiger partial charge in [0.15, 0.2) is 0 Å². The van der Waals surface area contributed by atoms with Crippen LogP contribution in [0.2, 0.25) is 0 Å². The van der Waals surface area contributed by atoms with Crippen LogP contribution >= 0.6 is 0 Å². The van der Waals surface area contributed by atoms with Crippen LogP contribution in [0.4, 0.5) is 11.4 Å². The number of anilines is 2. The van der Waals surface area contributed by atoms with Crippen molar-refractivity contribution in [2.75, 3.05) is 22.7 Å². The van der Waals surface area contributed by atoms with Gasteiger partial charge in [0.25, 0.3) is 10.0 Å². The molecule has 0 aliphatic heterocycles. The van der Waals surface area contributed by atoms with Gasteiger partial charge in [-0.3, -0.25) is 9.71 Å². The van der Waals surface area contributed by atoms with Gasteiger partial charge < -0.3 is 4.90 Å². The van der Waals surface area contributed by atoms with E-state index in [9.17, 15) is 8.42 Å². The van der Waals surface area contributed by atoms with Gasteiger partial charge >= 0.3 is 0 Å². The third kappa shape index (κ3) is 3.72. The lowest BCUT2D eigenvalue weighted by molar-refractivity contribution is 0.601. The van der Waals surface area contributed by atoms with Crippen LogP contribution in [0.1, 0.15) is 13.8 Å². The highest BCUT2D eigenvalue weighted by molar-refractivity contribution is 7.92. The summed E-state index contributed by atoms with van der Waals surface area (Å²) in [5.41, 5.74) is 1.54. The van der Waals surface area contributed by atoms with Crippen molar-refractivity contribution in [3.05, 3.63) is 48.8 Å². The van der Waals surface area contributed by atoms with Crippen LogP contribution in [0.25, 0.3) is 0 Å². The molecular weight excluding hydrogens is 286 g/mol. The Kier molecular flexibility index (Phi) is 4.80. The predicted molar refractivity (Wildman–Crippen MR) is 85.0 cm³/mol. The lowest BCUT2D eigenvalue weighted by Crippen LogP contribution is -2.22. The largest absolute Gasteiger partial charge is 0.372 e. The third-order valence-electron chi connectivity index (χ3n) is 3.17. The first kappa shape index (κ1) is 15.3. The molecule has 0 aliphatic carbocycles. The van der Waals surface area contributed by atoms with E-state index in [0.717, 1.165) is 18.8 Å². The third-order valence-corrected chi connectivity index (χ3v) is 4.54. The van der Waals surface area contributed by atoms with Gasteiger partial charge in [-0.2, -0.15) is 0 Å². The van der Waals surface area contributed by atoms with Crippen LogP contribution in [0.3, 0.4) is 0 Å². The molecule has 0 bridgehead atoms. The Morgan fingerprint density at radius 1 is 1.14 bits per heavy atom. The Hall–Kier alpha value is -2.08. The Morgan fingerprint density at radius 3 is 2.52 bits per heavy atom. The lowest BCUT2D eigenvalue weighted by Gasteiger charge is -2.21. The number of sulfonamides is 1. The normalized spacial score (nSPS) is 11.1. The molecule has 112 valence electrons. The number of pyridine rings is 1. The van der Waals surface area contributed by atoms with Gasteiger partial charge in [0, 0.05) is 31.2 Å². The topological polar surface area (TPSA) is 62.3 Å². The van der Waals surface area contributed by atoms with E-state index >= 15 is 0 Å². The summed E-state index contributed by atoms with van der Waals surface area (Å²) in [6.07, 6.45) is 2.87. The molecule has 5 nitrogen and oxygen atoms in total. The molecule has 2 rings (SSSR count). The first-order valence-electron chi connectivity index (χ1n) is 6.84. The molecule has 0 atom stereocenters. The van der Waals surface area contributed by atoms with Crippen molar-refractivity contribution in [1.82, 2.24) is 4.98 Å². The number of aromatic nitrogens is 1. The molecule has 1 N–H and O–H groups in total. The Bertz CT molecular complexity index is 683. The molecule has 1 aromatic heterocycles. The zero-order valence-electron chi connectivity index (χ0n) is 12.2. The van der Waals surface area contributed by atoms with Crippen molar-refractivity contribution >= 4 is 21.4 Å². The maximum absolute atomic E-state index is 12.3. The second-order valence-corrected chi connectivity index (χ2v) is 6.20. The van der Waals surface area contributed by atoms with Gasteiger partial charge in [0.1, 0.15) is 4.90 Å². The molecule has 0 saturated carbocycles. The highest BCUT2D eigenvalue weighted by Crippen LogP contribution is 2.21. The van der Waals surface area contributed by atoms with Crippen molar-refractivity contribution in [3.8, 4) is 0 Å². The van der Waals surface area contributed by atoms with Crippen LogP contribution in [-0.4, -0.2) is 26.5 Å². The monoisotopic (exact) mass is 305 g/mol. The molecule has 0 amide bonds. The fourth-order valence-electron chi connectivity index (χ4n) is 2.07. The van der Waals surface area contributed by atoms with Gasteiger partial charge in [-0.1, -0.05) is 6.07 Å². The zero-order valence-corrected chi connectivity index (χ0v) is 13.0. The maximum Gasteiger partial charge on any atom is 0.263 e. The summed E-state index contributed by atoms with van der Waals surface area (Å²) in [5.74, 6) is 0. The molecule has 2 aromatic rings. The van der Waals surface area contributed by atoms with Gasteiger partial charge in [0.2, 0.25) is 0 Å². The maximum atomic E-state index is 12.3. The number of benzene rings is 1. The van der Waals surface area contributed by atoms with E-state index in [2.05, 4.69) is 28.5 Å². The summed E-state index contributed by atoms with van der Waals surface area (Å²) in [4.78, 5) is 6.14. The van der Waals surface area contributed by atoms with Crippen LogP contribution in [0.15, 0.2) is 53.7 Å². The average Bonchev–Trinajstić information content (AvgIpc) is 2.49. The number of nitrogens with zero attached hydrogens (tertiary/aromatic N) is 2. The van der Waals surface area contributed by atoms with Crippen molar-refractivity contribution in [2.45, 2.75) is 18.7 Å². The van der Waals surface area contributed by atoms with Crippen molar-refractivity contribution in [2.24, 2.45) is 0 Å². The predicted octanol–water partition coefficient (Wildman–Crippen LogP) is 2.73. The molecule has 21 heavy (non-hydrogen) atoms. The molecule has 0 fully saturated rings. The van der Waals surface area contributed by atoms with Crippen molar-refractivity contribution < 1.29 is 8.42 Å². The fraction of sp³-hybridized carbons (Fsp3) is 0.267. The van der Waals surface area contributed by atoms with Gasteiger partial charge in [-0.25, -0.2) is 8.42 Å². The molecule has 1 aromatic carbocycles. The van der Waals surface area contributed by atoms with Gasteiger partial charge in [-0.15, -0.1) is 0 Å². The van der Waals surface area contributed by atoms with Crippen LogP contribution in [0.5, 0.6) is 0 Å². The van der Waals surface area contributed by atoms with Crippen LogP contribution in [-0.2, 0) is 10.0 Å². The Morgan fingerprint density at radius 2 is 1.90 bits per heavy atom. The first-order chi connectivity index (χ1) is 10.1. The number of rotatable bonds is 6. The molecule has 6 heteroatoms. The summed E-state index contributed by atoms with van der Waals surface area (Å²) in [6.45, 7) is 5.87. The standard InChI is InChI=1S/C15H19N3O2S/c1-3-18(4-2)14-8-5-7-13(11-14)17-21(19,20)15-9-6-10-16-12-15/h5-12,17H,3-4H2,1-2H3. The van der Waals surface area contributed by atoms with Gasteiger partial charge in [-0.05, 0) is 44.2 Å². The van der Waals surface area contributed by atoms with Gasteiger partial charge in [0.05, 0.1) is 5.69 Å². The first-order valence-corrected chi connectivity index (χ1v) is 8.33. The van der Waals surface area contributed by atoms with E-state index in [1.165, 1.54) is 12.3 Å². The van der Waals surface area contributed by atoms with E-state index in [4.69, 9.17) is 0 Å². The van der Waals surface area contributed by atoms with E-state index in [1.54, 1.807) is 18.3 Å². The Balaban J connectivity index is 2.26. The highest BCUT2D eigenvalue weighted by Gasteiger charge is 2.14. The van der Waals surface area contributed by atoms with Crippen LogP contribution in [0, 0.1) is 0 Å². The van der Waals surface area contributed by atoms with E-state index < -0.39 is 10.0 Å². The fourth-order valence-corrected chi connectivity index (χ4v) is 3.09. The molecule has 0 spiro atoms. The molecule has 0 aliphatic rings. The minimum Gasteiger partial charge on any atom is -0.372 e. The zero-order chi connectivity index (χ0) is 15.3. The number of nitrogens with one attached hydrogen (secondary N) is 1. The molecule has 0 unspecified atom stereocenters.